The molecule has 2 aromatic rings. The maximum atomic E-state index is 6.06. The summed E-state index contributed by atoms with van der Waals surface area (Å²) in [5.74, 6) is 0. The molecule has 1 heterocycles. The predicted octanol–water partition coefficient (Wildman–Crippen LogP) is 4.70. The van der Waals surface area contributed by atoms with Crippen LogP contribution >= 0.6 is 46.4 Å². The molecule has 84 valence electrons. The monoisotopic (exact) mass is 294 g/mol. The second kappa shape index (κ2) is 4.46. The summed E-state index contributed by atoms with van der Waals surface area (Å²) in [7, 11) is 1.71. The van der Waals surface area contributed by atoms with E-state index in [1.807, 2.05) is 0 Å². The Morgan fingerprint density at radius 3 is 2.31 bits per heavy atom. The van der Waals surface area contributed by atoms with Crippen LogP contribution < -0.4 is 0 Å². The first-order valence-corrected chi connectivity index (χ1v) is 5.85. The Labute approximate surface area is 113 Å². The van der Waals surface area contributed by atoms with Gasteiger partial charge in [-0.25, -0.2) is 0 Å². The lowest BCUT2D eigenvalue weighted by molar-refractivity contribution is 0.772. The van der Waals surface area contributed by atoms with Gasteiger partial charge in [-0.1, -0.05) is 46.4 Å². The molecule has 0 amide bonds. The van der Waals surface area contributed by atoms with Crippen LogP contribution in [-0.4, -0.2) is 9.78 Å². The first-order chi connectivity index (χ1) is 7.50. The molecule has 0 saturated heterocycles. The Kier molecular flexibility index (Phi) is 3.36. The molecule has 0 unspecified atom stereocenters. The minimum Gasteiger partial charge on any atom is -0.255 e. The fraction of sp³-hybridized carbons (Fsp3) is 0.100. The van der Waals surface area contributed by atoms with Crippen LogP contribution in [0.3, 0.4) is 0 Å². The van der Waals surface area contributed by atoms with Crippen molar-refractivity contribution < 1.29 is 0 Å². The molecule has 0 aliphatic carbocycles. The van der Waals surface area contributed by atoms with Crippen LogP contribution in [0.15, 0.2) is 18.2 Å². The minimum atomic E-state index is 0.377. The summed E-state index contributed by atoms with van der Waals surface area (Å²) < 4.78 is 1.49. The summed E-state index contributed by atoms with van der Waals surface area (Å²) in [5.41, 5.74) is 1.26. The lowest BCUT2D eigenvalue weighted by Crippen LogP contribution is -1.90. The van der Waals surface area contributed by atoms with Crippen molar-refractivity contribution in [3.63, 3.8) is 0 Å². The van der Waals surface area contributed by atoms with Crippen molar-refractivity contribution in [2.75, 3.05) is 0 Å². The van der Waals surface area contributed by atoms with E-state index in [1.54, 1.807) is 25.2 Å². The van der Waals surface area contributed by atoms with Gasteiger partial charge in [0.2, 0.25) is 0 Å². The van der Waals surface area contributed by atoms with Crippen LogP contribution in [0.5, 0.6) is 0 Å². The van der Waals surface area contributed by atoms with Gasteiger partial charge >= 0.3 is 0 Å². The number of benzene rings is 1. The normalized spacial score (nSPS) is 10.8. The topological polar surface area (TPSA) is 17.8 Å². The molecule has 16 heavy (non-hydrogen) atoms. The van der Waals surface area contributed by atoms with E-state index in [1.165, 1.54) is 4.68 Å². The number of nitrogens with zero attached hydrogens (tertiary/aromatic N) is 2. The van der Waals surface area contributed by atoms with Crippen molar-refractivity contribution in [2.45, 2.75) is 0 Å². The molecule has 0 aliphatic rings. The molecule has 0 atom stereocenters. The first-order valence-electron chi connectivity index (χ1n) is 4.34. The molecule has 1 aromatic heterocycles. The highest BCUT2D eigenvalue weighted by molar-refractivity contribution is 6.43. The maximum Gasteiger partial charge on any atom is 0.146 e. The molecule has 1 aromatic carbocycles. The largest absolute Gasteiger partial charge is 0.255 e. The third-order valence-corrected chi connectivity index (χ3v) is 3.55. The molecular weight excluding hydrogens is 290 g/mol. The van der Waals surface area contributed by atoms with Crippen molar-refractivity contribution in [1.82, 2.24) is 9.78 Å². The molecule has 0 saturated carbocycles. The van der Waals surface area contributed by atoms with E-state index in [4.69, 9.17) is 46.4 Å². The van der Waals surface area contributed by atoms with Crippen molar-refractivity contribution in [1.29, 1.82) is 0 Å². The summed E-state index contributed by atoms with van der Waals surface area (Å²) in [6.07, 6.45) is 0. The summed E-state index contributed by atoms with van der Waals surface area (Å²) in [6, 6.07) is 5.12. The number of hydrogen-bond acceptors (Lipinski definition) is 1. The van der Waals surface area contributed by atoms with Crippen LogP contribution in [0.4, 0.5) is 0 Å². The highest BCUT2D eigenvalue weighted by Crippen LogP contribution is 2.37. The summed E-state index contributed by atoms with van der Waals surface area (Å²) in [4.78, 5) is 0. The zero-order valence-electron chi connectivity index (χ0n) is 8.14. The molecule has 0 N–H and O–H groups in total. The lowest BCUT2D eigenvalue weighted by Gasteiger charge is -2.01. The van der Waals surface area contributed by atoms with E-state index in [2.05, 4.69) is 5.10 Å². The average Bonchev–Trinajstić information content (AvgIpc) is 2.46. The van der Waals surface area contributed by atoms with E-state index >= 15 is 0 Å². The summed E-state index contributed by atoms with van der Waals surface area (Å²) >= 11 is 23.9. The van der Waals surface area contributed by atoms with Gasteiger partial charge in [-0.2, -0.15) is 5.10 Å². The van der Waals surface area contributed by atoms with Crippen LogP contribution in [0, 0.1) is 0 Å². The molecule has 2 nitrogen and oxygen atoms in total. The predicted molar refractivity (Wildman–Crippen MR) is 68.7 cm³/mol. The number of hydrogen-bond donors (Lipinski definition) is 0. The van der Waals surface area contributed by atoms with Crippen LogP contribution in [-0.2, 0) is 7.05 Å². The van der Waals surface area contributed by atoms with E-state index < -0.39 is 0 Å². The molecule has 6 heteroatoms. The molecule has 0 spiro atoms. The van der Waals surface area contributed by atoms with Crippen molar-refractivity contribution >= 4 is 46.4 Å². The zero-order valence-corrected chi connectivity index (χ0v) is 11.2. The highest BCUT2D eigenvalue weighted by atomic mass is 35.5. The second-order valence-electron chi connectivity index (χ2n) is 3.20. The Balaban J connectivity index is 2.63. The maximum absolute atomic E-state index is 6.06. The molecule has 0 bridgehead atoms. The second-order valence-corrected chi connectivity index (χ2v) is 4.78. The molecule has 0 aliphatic heterocycles. The molecular formula is C10H6Cl4N2. The average molecular weight is 296 g/mol. The fourth-order valence-electron chi connectivity index (χ4n) is 1.33. The van der Waals surface area contributed by atoms with Gasteiger partial charge in [-0.3, -0.25) is 4.68 Å². The van der Waals surface area contributed by atoms with E-state index in [9.17, 15) is 0 Å². The molecule has 0 radical (unpaired) electrons. The van der Waals surface area contributed by atoms with Gasteiger partial charge in [0, 0.05) is 17.6 Å². The minimum absolute atomic E-state index is 0.377. The van der Waals surface area contributed by atoms with Gasteiger partial charge in [0.05, 0.1) is 5.02 Å². The highest BCUT2D eigenvalue weighted by Gasteiger charge is 2.16. The van der Waals surface area contributed by atoms with Crippen molar-refractivity contribution in [3.8, 4) is 11.3 Å². The van der Waals surface area contributed by atoms with Gasteiger partial charge in [0.1, 0.15) is 15.9 Å². The lowest BCUT2D eigenvalue weighted by atomic mass is 10.1. The number of halogens is 4. The third kappa shape index (κ3) is 2.03. The van der Waals surface area contributed by atoms with Crippen molar-refractivity contribution in [3.05, 3.63) is 38.4 Å². The van der Waals surface area contributed by atoms with Crippen LogP contribution in [0.2, 0.25) is 20.2 Å². The van der Waals surface area contributed by atoms with Gasteiger partial charge in [0.25, 0.3) is 0 Å². The first kappa shape index (κ1) is 12.1. The van der Waals surface area contributed by atoms with Crippen molar-refractivity contribution in [2.24, 2.45) is 7.05 Å². The van der Waals surface area contributed by atoms with E-state index in [-0.39, 0.29) is 0 Å². The standard InChI is InChI=1S/C10H6Cl4N2/c1-16-10(14)8(13)9(15-16)6-3-2-5(11)4-7(6)12/h2-4H,1H3. The van der Waals surface area contributed by atoms with Gasteiger partial charge in [-0.15, -0.1) is 0 Å². The smallest absolute Gasteiger partial charge is 0.146 e. The van der Waals surface area contributed by atoms with Crippen LogP contribution in [0.1, 0.15) is 0 Å². The Bertz CT molecular complexity index is 548. The number of aromatic nitrogens is 2. The van der Waals surface area contributed by atoms with Crippen LogP contribution in [0.25, 0.3) is 11.3 Å². The Morgan fingerprint density at radius 1 is 1.12 bits per heavy atom. The quantitative estimate of drug-likeness (QED) is 0.745. The van der Waals surface area contributed by atoms with Gasteiger partial charge in [-0.05, 0) is 18.2 Å². The molecule has 0 fully saturated rings. The summed E-state index contributed by atoms with van der Waals surface area (Å²) in [5, 5.41) is 6.01. The Morgan fingerprint density at radius 2 is 1.81 bits per heavy atom. The van der Waals surface area contributed by atoms with Gasteiger partial charge < -0.3 is 0 Å². The number of rotatable bonds is 1. The van der Waals surface area contributed by atoms with E-state index in [0.717, 1.165) is 0 Å². The fourth-order valence-corrected chi connectivity index (χ4v) is 2.22. The van der Waals surface area contributed by atoms with Gasteiger partial charge in [0.15, 0.2) is 0 Å². The SMILES string of the molecule is Cn1nc(-c2ccc(Cl)cc2Cl)c(Cl)c1Cl. The summed E-state index contributed by atoms with van der Waals surface area (Å²) in [6.45, 7) is 0. The van der Waals surface area contributed by atoms with E-state index in [0.29, 0.717) is 31.5 Å². The zero-order chi connectivity index (χ0) is 11.9. The third-order valence-electron chi connectivity index (χ3n) is 2.11. The Hall–Kier alpha value is -0.410. The number of aryl methyl sites for hydroxylation is 1. The molecule has 2 rings (SSSR count).